The van der Waals surface area contributed by atoms with Crippen molar-refractivity contribution in [3.63, 3.8) is 0 Å². The highest BCUT2D eigenvalue weighted by Crippen LogP contribution is 2.29. The summed E-state index contributed by atoms with van der Waals surface area (Å²) in [6.45, 7) is -1.27. The van der Waals surface area contributed by atoms with Crippen LogP contribution in [0.5, 0.6) is 0 Å². The summed E-state index contributed by atoms with van der Waals surface area (Å²) >= 11 is 0. The van der Waals surface area contributed by atoms with Gasteiger partial charge in [0.25, 0.3) is 0 Å². The fourth-order valence-corrected chi connectivity index (χ4v) is 2.98. The van der Waals surface area contributed by atoms with Gasteiger partial charge in [0.05, 0.1) is 19.8 Å². The van der Waals surface area contributed by atoms with Crippen LogP contribution in [0.1, 0.15) is 0 Å². The van der Waals surface area contributed by atoms with E-state index in [4.69, 9.17) is 18.9 Å². The molecule has 2 saturated heterocycles. The van der Waals surface area contributed by atoms with Gasteiger partial charge in [-0.25, -0.2) is 0 Å². The third-order valence-electron chi connectivity index (χ3n) is 4.57. The summed E-state index contributed by atoms with van der Waals surface area (Å²) in [7, 11) is 0. The van der Waals surface area contributed by atoms with Crippen molar-refractivity contribution in [1.82, 2.24) is 5.32 Å². The van der Waals surface area contributed by atoms with Crippen LogP contribution in [0.25, 0.3) is 0 Å². The van der Waals surface area contributed by atoms with Crippen molar-refractivity contribution in [3.05, 3.63) is 0 Å². The number of aliphatic hydroxyl groups excluding tert-OH is 7. The highest BCUT2D eigenvalue weighted by atomic mass is 16.7. The number of hydrogen-bond acceptors (Lipinski definition) is 12. The molecule has 0 saturated carbocycles. The number of nitrogens with one attached hydrogen (secondary N) is 1. The monoisotopic (exact) mass is 413 g/mol. The number of rotatable bonds is 9. The topological polar surface area (TPSA) is 208 Å². The van der Waals surface area contributed by atoms with E-state index < -0.39 is 74.6 Å². The van der Waals surface area contributed by atoms with Crippen molar-refractivity contribution in [2.24, 2.45) is 0 Å². The zero-order valence-electron chi connectivity index (χ0n) is 14.9. The lowest BCUT2D eigenvalue weighted by Gasteiger charge is -2.45. The Labute approximate surface area is 160 Å². The highest BCUT2D eigenvalue weighted by molar-refractivity contribution is 5.45. The van der Waals surface area contributed by atoms with Gasteiger partial charge in [0.15, 0.2) is 12.6 Å². The molecule has 6 unspecified atom stereocenters. The number of ether oxygens (including phenoxy) is 4. The molecule has 2 rings (SSSR count). The fraction of sp³-hybridized carbons (Fsp3) is 0.933. The van der Waals surface area contributed by atoms with Gasteiger partial charge in [0.1, 0.15) is 48.8 Å². The number of hydrogen-bond donors (Lipinski definition) is 8. The minimum absolute atomic E-state index is 0.0541. The minimum Gasteiger partial charge on any atom is -0.394 e. The van der Waals surface area contributed by atoms with E-state index in [9.17, 15) is 40.5 Å². The Morgan fingerprint density at radius 3 is 2.04 bits per heavy atom. The summed E-state index contributed by atoms with van der Waals surface area (Å²) in [4.78, 5) is 10.2. The Morgan fingerprint density at radius 2 is 1.43 bits per heavy atom. The lowest BCUT2D eigenvalue weighted by atomic mass is 9.97. The second-order valence-electron chi connectivity index (χ2n) is 6.45. The first kappa shape index (κ1) is 23.3. The SMILES string of the molecule is O=CNCCO[C@H]1OC(CO)[C@@H](O)C(O[C@H]2OC(CO)[C@@H](O)C(O)C2O)C1O. The first-order chi connectivity index (χ1) is 13.3. The summed E-state index contributed by atoms with van der Waals surface area (Å²) in [6, 6.07) is 0. The molecule has 2 aliphatic rings. The molecule has 0 spiro atoms. The largest absolute Gasteiger partial charge is 0.394 e. The molecule has 1 amide bonds. The van der Waals surface area contributed by atoms with Gasteiger partial charge in [-0.05, 0) is 0 Å². The quantitative estimate of drug-likeness (QED) is 0.131. The van der Waals surface area contributed by atoms with E-state index in [0.29, 0.717) is 6.41 Å². The van der Waals surface area contributed by atoms with Crippen LogP contribution in [-0.2, 0) is 23.7 Å². The molecule has 0 aromatic rings. The van der Waals surface area contributed by atoms with Crippen LogP contribution in [0, 0.1) is 0 Å². The van der Waals surface area contributed by atoms with Crippen LogP contribution in [0.3, 0.4) is 0 Å². The normalized spacial score (nSPS) is 44.2. The lowest BCUT2D eigenvalue weighted by molar-refractivity contribution is -0.359. The number of aliphatic hydroxyl groups is 7. The molecule has 0 radical (unpaired) electrons. The molecule has 10 atom stereocenters. The third kappa shape index (κ3) is 5.14. The molecule has 164 valence electrons. The predicted molar refractivity (Wildman–Crippen MR) is 86.4 cm³/mol. The summed E-state index contributed by atoms with van der Waals surface area (Å²) in [5.74, 6) is 0. The molecule has 13 nitrogen and oxygen atoms in total. The zero-order valence-corrected chi connectivity index (χ0v) is 14.9. The molecule has 0 aromatic heterocycles. The van der Waals surface area contributed by atoms with Gasteiger partial charge in [-0.15, -0.1) is 0 Å². The first-order valence-corrected chi connectivity index (χ1v) is 8.72. The molecule has 2 aliphatic heterocycles. The van der Waals surface area contributed by atoms with Crippen molar-refractivity contribution in [2.45, 2.75) is 61.4 Å². The smallest absolute Gasteiger partial charge is 0.207 e. The Balaban J connectivity index is 2.08. The second kappa shape index (κ2) is 10.7. The van der Waals surface area contributed by atoms with Gasteiger partial charge in [-0.2, -0.15) is 0 Å². The summed E-state index contributed by atoms with van der Waals surface area (Å²) < 4.78 is 21.2. The number of carbonyl (C=O) groups is 1. The summed E-state index contributed by atoms with van der Waals surface area (Å²) in [6.07, 6.45) is -14.6. The standard InChI is InChI=1S/C15H27NO12/c17-3-6-8(20)10(22)11(23)15(27-6)28-13-9(21)7(4-18)26-14(12(13)24)25-2-1-16-5-19/h5-15,17-18,20-24H,1-4H2,(H,16,19)/t6?,7?,8-,9-,10?,11?,12?,13?,14+,15-/m1/s1. The first-order valence-electron chi connectivity index (χ1n) is 8.72. The molecule has 8 N–H and O–H groups in total. The second-order valence-corrected chi connectivity index (χ2v) is 6.45. The molecule has 0 aliphatic carbocycles. The Bertz CT molecular complexity index is 482. The van der Waals surface area contributed by atoms with E-state index in [1.54, 1.807) is 0 Å². The van der Waals surface area contributed by atoms with Gasteiger partial charge < -0.3 is 60.0 Å². The van der Waals surface area contributed by atoms with Crippen molar-refractivity contribution >= 4 is 6.41 Å². The van der Waals surface area contributed by atoms with Crippen molar-refractivity contribution in [3.8, 4) is 0 Å². The van der Waals surface area contributed by atoms with Crippen LogP contribution in [0.4, 0.5) is 0 Å². The third-order valence-corrected chi connectivity index (χ3v) is 4.57. The van der Waals surface area contributed by atoms with Gasteiger partial charge in [0.2, 0.25) is 6.41 Å². The molecule has 0 aromatic carbocycles. The molecule has 2 fully saturated rings. The van der Waals surface area contributed by atoms with Crippen LogP contribution in [0.2, 0.25) is 0 Å². The van der Waals surface area contributed by atoms with Crippen LogP contribution >= 0.6 is 0 Å². The van der Waals surface area contributed by atoms with E-state index in [-0.39, 0.29) is 13.2 Å². The van der Waals surface area contributed by atoms with Gasteiger partial charge in [-0.1, -0.05) is 0 Å². The van der Waals surface area contributed by atoms with Gasteiger partial charge in [-0.3, -0.25) is 4.79 Å². The zero-order chi connectivity index (χ0) is 20.8. The Kier molecular flexibility index (Phi) is 8.91. The highest BCUT2D eigenvalue weighted by Gasteiger charge is 2.50. The molecule has 13 heteroatoms. The van der Waals surface area contributed by atoms with Crippen LogP contribution < -0.4 is 5.32 Å². The maximum atomic E-state index is 10.4. The predicted octanol–water partition coefficient (Wildman–Crippen LogP) is -5.63. The average molecular weight is 413 g/mol. The molecule has 0 bridgehead atoms. The van der Waals surface area contributed by atoms with E-state index in [2.05, 4.69) is 5.32 Å². The van der Waals surface area contributed by atoms with E-state index in [1.807, 2.05) is 0 Å². The maximum absolute atomic E-state index is 10.4. The lowest BCUT2D eigenvalue weighted by Crippen LogP contribution is -2.64. The summed E-state index contributed by atoms with van der Waals surface area (Å²) in [5, 5.41) is 71.3. The van der Waals surface area contributed by atoms with Crippen LogP contribution in [-0.4, -0.2) is 130 Å². The Hall–Kier alpha value is -0.970. The van der Waals surface area contributed by atoms with Gasteiger partial charge >= 0.3 is 0 Å². The molecular formula is C15H27NO12. The maximum Gasteiger partial charge on any atom is 0.207 e. The molecule has 2 heterocycles. The minimum atomic E-state index is -1.75. The van der Waals surface area contributed by atoms with Crippen molar-refractivity contribution < 1.29 is 59.5 Å². The summed E-state index contributed by atoms with van der Waals surface area (Å²) in [5.41, 5.74) is 0. The molecular weight excluding hydrogens is 386 g/mol. The Morgan fingerprint density at radius 1 is 0.821 bits per heavy atom. The van der Waals surface area contributed by atoms with E-state index in [1.165, 1.54) is 0 Å². The van der Waals surface area contributed by atoms with Crippen LogP contribution in [0.15, 0.2) is 0 Å². The van der Waals surface area contributed by atoms with Crippen molar-refractivity contribution in [2.75, 3.05) is 26.4 Å². The number of amides is 1. The average Bonchev–Trinajstić information content (AvgIpc) is 2.69. The number of carbonyl (C=O) groups excluding carboxylic acids is 1. The van der Waals surface area contributed by atoms with E-state index >= 15 is 0 Å². The van der Waals surface area contributed by atoms with Crippen molar-refractivity contribution in [1.29, 1.82) is 0 Å². The van der Waals surface area contributed by atoms with Gasteiger partial charge in [0, 0.05) is 6.54 Å². The molecule has 28 heavy (non-hydrogen) atoms. The van der Waals surface area contributed by atoms with E-state index in [0.717, 1.165) is 0 Å². The fourth-order valence-electron chi connectivity index (χ4n) is 2.98.